The average Bonchev–Trinajstić information content (AvgIpc) is 2.26. The maximum Gasteiger partial charge on any atom is 0.330 e. The average molecular weight is 239 g/mol. The van der Waals surface area contributed by atoms with Crippen LogP contribution in [0.15, 0.2) is 23.2 Å². The molecule has 1 rings (SSSR count). The van der Waals surface area contributed by atoms with Gasteiger partial charge in [-0.1, -0.05) is 6.07 Å². The molecule has 0 saturated carbocycles. The van der Waals surface area contributed by atoms with E-state index in [2.05, 4.69) is 4.99 Å². The van der Waals surface area contributed by atoms with Crippen molar-refractivity contribution in [2.75, 3.05) is 6.61 Å². The number of hydrogen-bond acceptors (Lipinski definition) is 5. The molecule has 0 aromatic heterocycles. The highest BCUT2D eigenvalue weighted by Crippen LogP contribution is 2.22. The first-order valence-corrected chi connectivity index (χ1v) is 4.90. The predicted molar refractivity (Wildman–Crippen MR) is 60.5 cm³/mol. The zero-order valence-corrected chi connectivity index (χ0v) is 8.95. The summed E-state index contributed by atoms with van der Waals surface area (Å²) in [7, 11) is 0. The topological polar surface area (TPSA) is 110 Å². The molecule has 1 aromatic rings. The monoisotopic (exact) mass is 239 g/mol. The van der Waals surface area contributed by atoms with Gasteiger partial charge in [0.1, 0.15) is 11.5 Å². The third kappa shape index (κ3) is 3.76. The van der Waals surface area contributed by atoms with E-state index in [1.807, 2.05) is 0 Å². The van der Waals surface area contributed by atoms with Crippen LogP contribution in [0.1, 0.15) is 5.56 Å². The Morgan fingerprint density at radius 1 is 1.41 bits per heavy atom. The van der Waals surface area contributed by atoms with Gasteiger partial charge in [-0.05, 0) is 11.6 Å². The van der Waals surface area contributed by atoms with Crippen molar-refractivity contribution < 1.29 is 25.2 Å². The van der Waals surface area contributed by atoms with Gasteiger partial charge in [0.15, 0.2) is 6.04 Å². The van der Waals surface area contributed by atoms with Crippen molar-refractivity contribution in [3.05, 3.63) is 23.8 Å². The summed E-state index contributed by atoms with van der Waals surface area (Å²) in [6, 6.07) is 2.91. The molecule has 4 N–H and O–H groups in total. The number of aromatic hydroxyl groups is 2. The van der Waals surface area contributed by atoms with Crippen LogP contribution in [0.25, 0.3) is 0 Å². The molecule has 17 heavy (non-hydrogen) atoms. The number of phenolic OH excluding ortho intramolecular Hbond substituents is 2. The highest BCUT2D eigenvalue weighted by molar-refractivity contribution is 5.76. The van der Waals surface area contributed by atoms with E-state index in [9.17, 15) is 9.90 Å². The van der Waals surface area contributed by atoms with Crippen LogP contribution in [0.5, 0.6) is 11.5 Å². The lowest BCUT2D eigenvalue weighted by Crippen LogP contribution is -2.22. The molecule has 0 heterocycles. The number of nitrogens with zero attached hydrogens (tertiary/aromatic N) is 1. The minimum atomic E-state index is -1.21. The van der Waals surface area contributed by atoms with E-state index in [-0.39, 0.29) is 17.9 Å². The summed E-state index contributed by atoms with van der Waals surface area (Å²) in [4.78, 5) is 14.2. The second-order valence-corrected chi connectivity index (χ2v) is 3.39. The minimum Gasteiger partial charge on any atom is -0.508 e. The Kier molecular flexibility index (Phi) is 4.47. The molecule has 0 amide bonds. The van der Waals surface area contributed by atoms with E-state index in [0.717, 1.165) is 0 Å². The van der Waals surface area contributed by atoms with Crippen molar-refractivity contribution in [3.63, 3.8) is 0 Å². The molecule has 0 radical (unpaired) electrons. The summed E-state index contributed by atoms with van der Waals surface area (Å²) in [5.41, 5.74) is 0.508. The van der Waals surface area contributed by atoms with E-state index < -0.39 is 18.6 Å². The van der Waals surface area contributed by atoms with E-state index in [1.165, 1.54) is 24.4 Å². The number of carbonyl (C=O) groups is 1. The minimum absolute atomic E-state index is 0.0537. The third-order valence-electron chi connectivity index (χ3n) is 2.12. The molecule has 0 aliphatic rings. The molecule has 0 unspecified atom stereocenters. The molecule has 0 saturated heterocycles. The maximum absolute atomic E-state index is 10.5. The summed E-state index contributed by atoms with van der Waals surface area (Å²) in [5, 5.41) is 35.8. The quantitative estimate of drug-likeness (QED) is 0.547. The number of aliphatic hydroxyl groups excluding tert-OH is 1. The fraction of sp³-hybridized carbons (Fsp3) is 0.273. The summed E-state index contributed by atoms with van der Waals surface area (Å²) in [5.74, 6) is -1.35. The fourth-order valence-electron chi connectivity index (χ4n) is 1.19. The Hall–Kier alpha value is -2.08. The smallest absolute Gasteiger partial charge is 0.330 e. The predicted octanol–water partition coefficient (Wildman–Crippen LogP) is 0.157. The van der Waals surface area contributed by atoms with Gasteiger partial charge in [0, 0.05) is 18.7 Å². The highest BCUT2D eigenvalue weighted by atomic mass is 16.4. The number of carboxylic acids is 1. The van der Waals surface area contributed by atoms with E-state index in [1.54, 1.807) is 0 Å². The van der Waals surface area contributed by atoms with Gasteiger partial charge in [-0.2, -0.15) is 0 Å². The highest BCUT2D eigenvalue weighted by Gasteiger charge is 2.12. The number of carboxylic acid groups (broad SMARTS) is 1. The van der Waals surface area contributed by atoms with Crippen LogP contribution in [0.3, 0.4) is 0 Å². The number of rotatable bonds is 5. The maximum atomic E-state index is 10.5. The van der Waals surface area contributed by atoms with E-state index >= 15 is 0 Å². The van der Waals surface area contributed by atoms with Gasteiger partial charge >= 0.3 is 5.97 Å². The van der Waals surface area contributed by atoms with Gasteiger partial charge < -0.3 is 20.4 Å². The van der Waals surface area contributed by atoms with Crippen molar-refractivity contribution in [1.82, 2.24) is 0 Å². The molecule has 1 aromatic carbocycles. The molecular weight excluding hydrogens is 226 g/mol. The number of benzene rings is 1. The van der Waals surface area contributed by atoms with Crippen LogP contribution in [-0.2, 0) is 11.2 Å². The van der Waals surface area contributed by atoms with Gasteiger partial charge in [0.2, 0.25) is 0 Å². The molecule has 6 heteroatoms. The van der Waals surface area contributed by atoms with Crippen molar-refractivity contribution in [2.24, 2.45) is 4.99 Å². The molecule has 92 valence electrons. The lowest BCUT2D eigenvalue weighted by Gasteiger charge is -2.03. The molecule has 1 atom stereocenters. The van der Waals surface area contributed by atoms with Crippen LogP contribution >= 0.6 is 0 Å². The van der Waals surface area contributed by atoms with Crippen LogP contribution < -0.4 is 0 Å². The second-order valence-electron chi connectivity index (χ2n) is 3.39. The summed E-state index contributed by atoms with van der Waals surface area (Å²) < 4.78 is 0. The number of aliphatic imine (C=N–C) groups is 1. The summed E-state index contributed by atoms with van der Waals surface area (Å²) >= 11 is 0. The zero-order chi connectivity index (χ0) is 12.8. The van der Waals surface area contributed by atoms with Crippen molar-refractivity contribution in [1.29, 1.82) is 0 Å². The third-order valence-corrected chi connectivity index (χ3v) is 2.12. The SMILES string of the molecule is O=C(O)[C@H](CO)N=CCc1ccc(O)cc1O. The molecule has 0 spiro atoms. The molecule has 0 fully saturated rings. The van der Waals surface area contributed by atoms with Crippen LogP contribution in [0, 0.1) is 0 Å². The van der Waals surface area contributed by atoms with E-state index in [4.69, 9.17) is 15.3 Å². The number of phenols is 2. The van der Waals surface area contributed by atoms with Crippen LogP contribution in [0.2, 0.25) is 0 Å². The lowest BCUT2D eigenvalue weighted by molar-refractivity contribution is -0.139. The zero-order valence-electron chi connectivity index (χ0n) is 8.95. The largest absolute Gasteiger partial charge is 0.508 e. The number of aliphatic carboxylic acids is 1. The van der Waals surface area contributed by atoms with Gasteiger partial charge in [-0.15, -0.1) is 0 Å². The van der Waals surface area contributed by atoms with Gasteiger partial charge in [-0.25, -0.2) is 4.79 Å². The molecular formula is C11H13NO5. The summed E-state index contributed by atoms with van der Waals surface area (Å²) in [6.45, 7) is -0.576. The molecule has 0 aliphatic carbocycles. The Balaban J connectivity index is 2.66. The van der Waals surface area contributed by atoms with Gasteiger partial charge in [-0.3, -0.25) is 4.99 Å². The fourth-order valence-corrected chi connectivity index (χ4v) is 1.19. The molecule has 0 aliphatic heterocycles. The Bertz CT molecular complexity index is 430. The Morgan fingerprint density at radius 3 is 2.65 bits per heavy atom. The Morgan fingerprint density at radius 2 is 2.12 bits per heavy atom. The van der Waals surface area contributed by atoms with Gasteiger partial charge in [0.25, 0.3) is 0 Å². The van der Waals surface area contributed by atoms with Crippen LogP contribution in [0.4, 0.5) is 0 Å². The normalized spacial score (nSPS) is 12.8. The number of aliphatic hydroxyl groups is 1. The summed E-state index contributed by atoms with van der Waals surface area (Å²) in [6.07, 6.45) is 1.52. The second kappa shape index (κ2) is 5.86. The van der Waals surface area contributed by atoms with Crippen molar-refractivity contribution in [2.45, 2.75) is 12.5 Å². The lowest BCUT2D eigenvalue weighted by atomic mass is 10.1. The van der Waals surface area contributed by atoms with Crippen molar-refractivity contribution >= 4 is 12.2 Å². The first kappa shape index (κ1) is 13.0. The standard InChI is InChI=1S/C11H13NO5/c13-6-9(11(16)17)12-4-3-7-1-2-8(14)5-10(7)15/h1-2,4-5,9,13-15H,3,6H2,(H,16,17)/t9-/m0/s1. The Labute approximate surface area is 97.5 Å². The number of hydrogen-bond donors (Lipinski definition) is 4. The molecule has 6 nitrogen and oxygen atoms in total. The first-order valence-electron chi connectivity index (χ1n) is 4.90. The van der Waals surface area contributed by atoms with Crippen LogP contribution in [-0.4, -0.2) is 45.3 Å². The van der Waals surface area contributed by atoms with Crippen molar-refractivity contribution in [3.8, 4) is 11.5 Å². The van der Waals surface area contributed by atoms with Gasteiger partial charge in [0.05, 0.1) is 6.61 Å². The first-order chi connectivity index (χ1) is 8.04. The van der Waals surface area contributed by atoms with E-state index in [0.29, 0.717) is 5.56 Å². The molecule has 0 bridgehead atoms.